The van der Waals surface area contributed by atoms with Crippen LogP contribution in [0.5, 0.6) is 23.0 Å². The number of rotatable bonds is 4. The van der Waals surface area contributed by atoms with E-state index in [1.54, 1.807) is 32.4 Å². The van der Waals surface area contributed by atoms with Gasteiger partial charge in [-0.15, -0.1) is 0 Å². The van der Waals surface area contributed by atoms with Gasteiger partial charge in [0.25, 0.3) is 5.91 Å². The molecule has 0 bridgehead atoms. The van der Waals surface area contributed by atoms with E-state index in [2.05, 4.69) is 10.3 Å². The van der Waals surface area contributed by atoms with Crippen LogP contribution in [0.4, 0.5) is 0 Å². The molecule has 7 heteroatoms. The summed E-state index contributed by atoms with van der Waals surface area (Å²) in [6.45, 7) is 1.04. The summed E-state index contributed by atoms with van der Waals surface area (Å²) in [4.78, 5) is 16.9. The maximum absolute atomic E-state index is 12.4. The number of aliphatic imine (C=N–C) groups is 1. The number of hydrogen-bond donors (Lipinski definition) is 1. The Bertz CT molecular complexity index is 943. The van der Waals surface area contributed by atoms with Crippen LogP contribution in [0, 0.1) is 0 Å². The van der Waals surface area contributed by atoms with E-state index in [1.807, 2.05) is 24.3 Å². The van der Waals surface area contributed by atoms with Crippen LogP contribution < -0.4 is 24.3 Å². The molecule has 7 nitrogen and oxygen atoms in total. The number of nitrogens with zero attached hydrogens (tertiary/aromatic N) is 1. The summed E-state index contributed by atoms with van der Waals surface area (Å²) in [6.07, 6.45) is 1.70. The van der Waals surface area contributed by atoms with Crippen molar-refractivity contribution < 1.29 is 23.7 Å². The number of nitrogens with one attached hydrogen (secondary N) is 1. The average molecular weight is 366 g/mol. The van der Waals surface area contributed by atoms with Crippen molar-refractivity contribution >= 4 is 17.8 Å². The number of hydrogen-bond acceptors (Lipinski definition) is 6. The minimum Gasteiger partial charge on any atom is -0.496 e. The van der Waals surface area contributed by atoms with Crippen LogP contribution >= 0.6 is 0 Å². The fraction of sp³-hybridized carbons (Fsp3) is 0.200. The first-order chi connectivity index (χ1) is 13.2. The summed E-state index contributed by atoms with van der Waals surface area (Å²) < 4.78 is 21.9. The van der Waals surface area contributed by atoms with E-state index >= 15 is 0 Å². The largest absolute Gasteiger partial charge is 0.496 e. The van der Waals surface area contributed by atoms with Crippen LogP contribution in [0.1, 0.15) is 11.1 Å². The minimum atomic E-state index is -0.298. The van der Waals surface area contributed by atoms with Crippen LogP contribution in [0.15, 0.2) is 47.1 Å². The molecule has 0 spiro atoms. The lowest BCUT2D eigenvalue weighted by atomic mass is 10.1. The van der Waals surface area contributed by atoms with Crippen molar-refractivity contribution in [3.63, 3.8) is 0 Å². The first-order valence-corrected chi connectivity index (χ1v) is 8.42. The molecule has 0 radical (unpaired) electrons. The Morgan fingerprint density at radius 1 is 1.04 bits per heavy atom. The number of fused-ring (bicyclic) bond motifs is 1. The summed E-state index contributed by atoms with van der Waals surface area (Å²) >= 11 is 0. The van der Waals surface area contributed by atoms with Crippen LogP contribution in [0.2, 0.25) is 0 Å². The maximum Gasteiger partial charge on any atom is 0.275 e. The van der Waals surface area contributed by atoms with E-state index in [-0.39, 0.29) is 11.6 Å². The van der Waals surface area contributed by atoms with Gasteiger partial charge < -0.3 is 24.3 Å². The van der Waals surface area contributed by atoms with Gasteiger partial charge in [0.05, 0.1) is 14.2 Å². The van der Waals surface area contributed by atoms with Gasteiger partial charge in [-0.3, -0.25) is 4.79 Å². The molecular weight excluding hydrogens is 348 g/mol. The average Bonchev–Trinajstić information content (AvgIpc) is 3.07. The third-order valence-corrected chi connectivity index (χ3v) is 4.23. The smallest absolute Gasteiger partial charge is 0.275 e. The second-order valence-electron chi connectivity index (χ2n) is 5.88. The Morgan fingerprint density at radius 3 is 2.44 bits per heavy atom. The lowest BCUT2D eigenvalue weighted by Crippen LogP contribution is -2.25. The Kier molecular flexibility index (Phi) is 4.42. The van der Waals surface area contributed by atoms with Gasteiger partial charge in [-0.05, 0) is 35.9 Å². The molecule has 0 unspecified atom stereocenters. The standard InChI is InChI=1S/C20H18N2O5/c1-24-15-4-3-5-16(25-2)18(15)19-21-13(20(23)22-19)10-12-6-7-14-17(11-12)27-9-8-26-14/h3-7,10-11H,8-9H2,1-2H3,(H,21,22,23)/b13-10+. The molecule has 0 aliphatic carbocycles. The van der Waals surface area contributed by atoms with Crippen LogP contribution in [0.25, 0.3) is 6.08 Å². The van der Waals surface area contributed by atoms with Gasteiger partial charge in [0, 0.05) is 0 Å². The third-order valence-electron chi connectivity index (χ3n) is 4.23. The lowest BCUT2D eigenvalue weighted by Gasteiger charge is -2.18. The molecule has 0 aromatic heterocycles. The first-order valence-electron chi connectivity index (χ1n) is 8.42. The molecule has 1 amide bonds. The number of benzene rings is 2. The maximum atomic E-state index is 12.4. The third kappa shape index (κ3) is 3.19. The summed E-state index contributed by atoms with van der Waals surface area (Å²) in [7, 11) is 3.11. The van der Waals surface area contributed by atoms with Gasteiger partial charge in [-0.2, -0.15) is 0 Å². The molecule has 0 fully saturated rings. The van der Waals surface area contributed by atoms with E-state index in [0.717, 1.165) is 5.56 Å². The highest BCUT2D eigenvalue weighted by molar-refractivity contribution is 6.21. The van der Waals surface area contributed by atoms with Crippen molar-refractivity contribution in [1.82, 2.24) is 5.32 Å². The number of carbonyl (C=O) groups excluding carboxylic acids is 1. The quantitative estimate of drug-likeness (QED) is 0.841. The molecular formula is C20H18N2O5. The van der Waals surface area contributed by atoms with Gasteiger partial charge in [0.1, 0.15) is 41.8 Å². The zero-order valence-electron chi connectivity index (χ0n) is 14.9. The van der Waals surface area contributed by atoms with Gasteiger partial charge in [0.15, 0.2) is 11.5 Å². The van der Waals surface area contributed by atoms with E-state index in [1.165, 1.54) is 0 Å². The fourth-order valence-corrected chi connectivity index (χ4v) is 2.98. The molecule has 2 aromatic rings. The Morgan fingerprint density at radius 2 is 1.74 bits per heavy atom. The van der Waals surface area contributed by atoms with E-state index in [4.69, 9.17) is 18.9 Å². The fourth-order valence-electron chi connectivity index (χ4n) is 2.98. The second kappa shape index (κ2) is 7.03. The molecule has 1 N–H and O–H groups in total. The molecule has 0 saturated carbocycles. The van der Waals surface area contributed by atoms with Crippen molar-refractivity contribution in [2.45, 2.75) is 0 Å². The van der Waals surface area contributed by atoms with Crippen molar-refractivity contribution in [2.75, 3.05) is 27.4 Å². The summed E-state index contributed by atoms with van der Waals surface area (Å²) in [5, 5.41) is 2.78. The van der Waals surface area contributed by atoms with Crippen molar-refractivity contribution in [3.05, 3.63) is 53.2 Å². The minimum absolute atomic E-state index is 0.287. The van der Waals surface area contributed by atoms with Crippen LogP contribution in [-0.2, 0) is 4.79 Å². The zero-order chi connectivity index (χ0) is 18.8. The zero-order valence-corrected chi connectivity index (χ0v) is 14.9. The van der Waals surface area contributed by atoms with Gasteiger partial charge in [0.2, 0.25) is 0 Å². The highest BCUT2D eigenvalue weighted by atomic mass is 16.6. The number of amidine groups is 1. The molecule has 2 aliphatic rings. The molecule has 4 rings (SSSR count). The van der Waals surface area contributed by atoms with Crippen molar-refractivity contribution in [2.24, 2.45) is 4.99 Å². The van der Waals surface area contributed by atoms with Crippen molar-refractivity contribution in [1.29, 1.82) is 0 Å². The monoisotopic (exact) mass is 366 g/mol. The second-order valence-corrected chi connectivity index (χ2v) is 5.88. The Labute approximate surface area is 156 Å². The normalized spacial score (nSPS) is 16.7. The summed E-state index contributed by atoms with van der Waals surface area (Å²) in [5.74, 6) is 2.57. The Balaban J connectivity index is 1.71. The molecule has 0 saturated heterocycles. The number of ether oxygens (including phenoxy) is 4. The molecule has 27 heavy (non-hydrogen) atoms. The van der Waals surface area contributed by atoms with E-state index < -0.39 is 0 Å². The molecule has 0 atom stereocenters. The van der Waals surface area contributed by atoms with Crippen LogP contribution in [0.3, 0.4) is 0 Å². The summed E-state index contributed by atoms with van der Waals surface area (Å²) in [6, 6.07) is 10.9. The van der Waals surface area contributed by atoms with Gasteiger partial charge >= 0.3 is 0 Å². The topological polar surface area (TPSA) is 78.4 Å². The van der Waals surface area contributed by atoms with Crippen molar-refractivity contribution in [3.8, 4) is 23.0 Å². The predicted molar refractivity (Wildman–Crippen MR) is 99.6 cm³/mol. The highest BCUT2D eigenvalue weighted by Gasteiger charge is 2.26. The van der Waals surface area contributed by atoms with Crippen LogP contribution in [-0.4, -0.2) is 39.2 Å². The number of amides is 1. The van der Waals surface area contributed by atoms with E-state index in [9.17, 15) is 4.79 Å². The SMILES string of the molecule is COc1cccc(OC)c1C1=N/C(=C/c2ccc3c(c2)OCCO3)C(=O)N1. The molecule has 2 aliphatic heterocycles. The molecule has 2 heterocycles. The van der Waals surface area contributed by atoms with E-state index in [0.29, 0.717) is 47.6 Å². The van der Waals surface area contributed by atoms with Gasteiger partial charge in [-0.1, -0.05) is 12.1 Å². The molecule has 2 aromatic carbocycles. The predicted octanol–water partition coefficient (Wildman–Crippen LogP) is 2.39. The lowest BCUT2D eigenvalue weighted by molar-refractivity contribution is -0.115. The Hall–Kier alpha value is -3.48. The number of methoxy groups -OCH3 is 2. The van der Waals surface area contributed by atoms with Gasteiger partial charge in [-0.25, -0.2) is 4.99 Å². The number of carbonyl (C=O) groups is 1. The first kappa shape index (κ1) is 17.0. The summed E-state index contributed by atoms with van der Waals surface area (Å²) in [5.41, 5.74) is 1.68. The molecule has 138 valence electrons. The highest BCUT2D eigenvalue weighted by Crippen LogP contribution is 2.33.